The number of nitrogen functional groups attached to an aromatic ring is 1. The Hall–Kier alpha value is -1.89. The second-order valence-electron chi connectivity index (χ2n) is 3.78. The first-order valence-electron chi connectivity index (χ1n) is 5.63. The number of nitrogens with two attached hydrogens (primary N) is 1. The Morgan fingerprint density at radius 3 is 3.11 bits per heavy atom. The molecule has 0 aliphatic rings. The molecule has 6 nitrogen and oxygen atoms in total. The van der Waals surface area contributed by atoms with Gasteiger partial charge in [-0.3, -0.25) is 4.79 Å². The summed E-state index contributed by atoms with van der Waals surface area (Å²) in [6.45, 7) is 2.39. The average Bonchev–Trinajstić information content (AvgIpc) is 2.96. The molecule has 0 atom stereocenters. The monoisotopic (exact) mass is 266 g/mol. The minimum Gasteiger partial charge on any atom is -0.375 e. The minimum absolute atomic E-state index is 0.211. The third-order valence-electron chi connectivity index (χ3n) is 2.28. The summed E-state index contributed by atoms with van der Waals surface area (Å²) < 4.78 is 5.11. The zero-order valence-corrected chi connectivity index (χ0v) is 10.8. The lowest BCUT2D eigenvalue weighted by Crippen LogP contribution is -2.21. The van der Waals surface area contributed by atoms with Crippen molar-refractivity contribution in [2.75, 3.05) is 5.73 Å². The molecule has 0 aliphatic carbocycles. The van der Waals surface area contributed by atoms with Crippen LogP contribution in [-0.2, 0) is 13.0 Å². The Morgan fingerprint density at radius 2 is 2.44 bits per heavy atom. The van der Waals surface area contributed by atoms with Gasteiger partial charge in [-0.1, -0.05) is 29.8 Å². The van der Waals surface area contributed by atoms with Crippen molar-refractivity contribution in [3.63, 3.8) is 0 Å². The lowest BCUT2D eigenvalue weighted by molar-refractivity contribution is 0.0951. The second kappa shape index (κ2) is 5.63. The quantitative estimate of drug-likeness (QED) is 0.857. The first-order valence-corrected chi connectivity index (χ1v) is 6.44. The summed E-state index contributed by atoms with van der Waals surface area (Å²) in [6.07, 6.45) is 3.35. The molecule has 2 aromatic heterocycles. The molecular weight excluding hydrogens is 252 g/mol. The molecule has 0 aromatic carbocycles. The maximum Gasteiger partial charge on any atom is 0.263 e. The maximum absolute atomic E-state index is 11.7. The predicted octanol–water partition coefficient (Wildman–Crippen LogP) is 1.60. The Morgan fingerprint density at radius 1 is 1.61 bits per heavy atom. The van der Waals surface area contributed by atoms with Gasteiger partial charge in [0.1, 0.15) is 4.88 Å². The molecule has 7 heteroatoms. The largest absolute Gasteiger partial charge is 0.375 e. The number of hydrogen-bond acceptors (Lipinski definition) is 6. The Labute approximate surface area is 108 Å². The molecule has 2 rings (SSSR count). The first-order chi connectivity index (χ1) is 8.69. The van der Waals surface area contributed by atoms with Crippen molar-refractivity contribution in [2.45, 2.75) is 26.3 Å². The molecule has 0 radical (unpaired) electrons. The number of nitrogens with one attached hydrogen (secondary N) is 1. The summed E-state index contributed by atoms with van der Waals surface area (Å²) in [5, 5.41) is 7.01. The average molecular weight is 266 g/mol. The molecular formula is C11H14N4O2S. The smallest absolute Gasteiger partial charge is 0.263 e. The van der Waals surface area contributed by atoms with Gasteiger partial charge in [0.15, 0.2) is 10.9 Å². The topological polar surface area (TPSA) is 94.0 Å². The molecule has 96 valence electrons. The van der Waals surface area contributed by atoms with Crippen LogP contribution in [0.4, 0.5) is 5.13 Å². The summed E-state index contributed by atoms with van der Waals surface area (Å²) in [5.74, 6) is 0.432. The SMILES string of the molecule is CCCc1cc(CNC(=O)c2cnc(N)s2)on1. The summed E-state index contributed by atoms with van der Waals surface area (Å²) in [6, 6.07) is 1.85. The van der Waals surface area contributed by atoms with Crippen molar-refractivity contribution in [3.05, 3.63) is 28.6 Å². The van der Waals surface area contributed by atoms with E-state index in [0.29, 0.717) is 22.3 Å². The fourth-order valence-corrected chi connectivity index (χ4v) is 2.06. The van der Waals surface area contributed by atoms with Crippen molar-refractivity contribution < 1.29 is 9.32 Å². The molecule has 0 saturated carbocycles. The van der Waals surface area contributed by atoms with E-state index in [-0.39, 0.29) is 5.91 Å². The van der Waals surface area contributed by atoms with Gasteiger partial charge in [-0.05, 0) is 6.42 Å². The van der Waals surface area contributed by atoms with E-state index in [0.717, 1.165) is 29.9 Å². The summed E-state index contributed by atoms with van der Waals surface area (Å²) in [4.78, 5) is 16.0. The van der Waals surface area contributed by atoms with Crippen LogP contribution in [0.3, 0.4) is 0 Å². The third kappa shape index (κ3) is 3.07. The van der Waals surface area contributed by atoms with E-state index < -0.39 is 0 Å². The van der Waals surface area contributed by atoms with Crippen LogP contribution in [0.25, 0.3) is 0 Å². The van der Waals surface area contributed by atoms with E-state index in [2.05, 4.69) is 22.4 Å². The minimum atomic E-state index is -0.211. The van der Waals surface area contributed by atoms with Crippen molar-refractivity contribution >= 4 is 22.4 Å². The van der Waals surface area contributed by atoms with Crippen LogP contribution in [0.2, 0.25) is 0 Å². The van der Waals surface area contributed by atoms with Crippen LogP contribution < -0.4 is 11.1 Å². The van der Waals surface area contributed by atoms with Gasteiger partial charge in [0, 0.05) is 6.07 Å². The number of aromatic nitrogens is 2. The molecule has 0 spiro atoms. The highest BCUT2D eigenvalue weighted by molar-refractivity contribution is 7.17. The summed E-state index contributed by atoms with van der Waals surface area (Å²) in [5.41, 5.74) is 6.37. The van der Waals surface area contributed by atoms with Gasteiger partial charge in [-0.2, -0.15) is 0 Å². The van der Waals surface area contributed by atoms with Crippen molar-refractivity contribution in [1.82, 2.24) is 15.5 Å². The highest BCUT2D eigenvalue weighted by Gasteiger charge is 2.10. The highest BCUT2D eigenvalue weighted by atomic mass is 32.1. The molecule has 1 amide bonds. The number of anilines is 1. The van der Waals surface area contributed by atoms with Gasteiger partial charge in [-0.25, -0.2) is 4.98 Å². The Bertz CT molecular complexity index is 535. The molecule has 0 unspecified atom stereocenters. The number of carbonyl (C=O) groups excluding carboxylic acids is 1. The highest BCUT2D eigenvalue weighted by Crippen LogP contribution is 2.14. The maximum atomic E-state index is 11.7. The molecule has 0 fully saturated rings. The Balaban J connectivity index is 1.88. The lowest BCUT2D eigenvalue weighted by atomic mass is 10.2. The van der Waals surface area contributed by atoms with Crippen LogP contribution >= 0.6 is 11.3 Å². The van der Waals surface area contributed by atoms with E-state index >= 15 is 0 Å². The fraction of sp³-hybridized carbons (Fsp3) is 0.364. The van der Waals surface area contributed by atoms with E-state index in [9.17, 15) is 4.79 Å². The summed E-state index contributed by atoms with van der Waals surface area (Å²) in [7, 11) is 0. The van der Waals surface area contributed by atoms with Gasteiger partial charge < -0.3 is 15.6 Å². The molecule has 18 heavy (non-hydrogen) atoms. The molecule has 3 N–H and O–H groups in total. The Kier molecular flexibility index (Phi) is 3.93. The van der Waals surface area contributed by atoms with Crippen molar-refractivity contribution in [3.8, 4) is 0 Å². The molecule has 0 bridgehead atoms. The van der Waals surface area contributed by atoms with E-state index in [1.54, 1.807) is 0 Å². The van der Waals surface area contributed by atoms with Crippen LogP contribution in [-0.4, -0.2) is 16.0 Å². The van der Waals surface area contributed by atoms with Crippen molar-refractivity contribution in [1.29, 1.82) is 0 Å². The van der Waals surface area contributed by atoms with Crippen LogP contribution in [0.1, 0.15) is 34.5 Å². The number of carbonyl (C=O) groups is 1. The first kappa shape index (κ1) is 12.6. The van der Waals surface area contributed by atoms with E-state index in [1.807, 2.05) is 6.07 Å². The number of aryl methyl sites for hydroxylation is 1. The normalized spacial score (nSPS) is 10.5. The number of nitrogens with zero attached hydrogens (tertiary/aromatic N) is 2. The number of thiazole rings is 1. The van der Waals surface area contributed by atoms with Gasteiger partial charge in [0.25, 0.3) is 5.91 Å². The predicted molar refractivity (Wildman–Crippen MR) is 68.2 cm³/mol. The molecule has 0 saturated heterocycles. The van der Waals surface area contributed by atoms with Crippen molar-refractivity contribution in [2.24, 2.45) is 0 Å². The third-order valence-corrected chi connectivity index (χ3v) is 3.11. The number of amides is 1. The number of hydrogen-bond donors (Lipinski definition) is 2. The second-order valence-corrected chi connectivity index (χ2v) is 4.84. The van der Waals surface area contributed by atoms with Crippen LogP contribution in [0.15, 0.2) is 16.8 Å². The van der Waals surface area contributed by atoms with Gasteiger partial charge in [0.2, 0.25) is 0 Å². The van der Waals surface area contributed by atoms with Crippen LogP contribution in [0.5, 0.6) is 0 Å². The zero-order valence-electron chi connectivity index (χ0n) is 9.97. The van der Waals surface area contributed by atoms with E-state index in [4.69, 9.17) is 10.3 Å². The van der Waals surface area contributed by atoms with Crippen LogP contribution in [0, 0.1) is 0 Å². The van der Waals surface area contributed by atoms with E-state index in [1.165, 1.54) is 6.20 Å². The lowest BCUT2D eigenvalue weighted by Gasteiger charge is -1.98. The molecule has 0 aliphatic heterocycles. The summed E-state index contributed by atoms with van der Waals surface area (Å²) >= 11 is 1.15. The zero-order chi connectivity index (χ0) is 13.0. The molecule has 2 heterocycles. The molecule has 2 aromatic rings. The number of rotatable bonds is 5. The fourth-order valence-electron chi connectivity index (χ4n) is 1.46. The standard InChI is InChI=1S/C11H14N4O2S/c1-2-3-7-4-8(17-15-7)5-13-10(16)9-6-14-11(12)18-9/h4,6H,2-3,5H2,1H3,(H2,12,14)(H,13,16). The van der Waals surface area contributed by atoms with Gasteiger partial charge >= 0.3 is 0 Å². The van der Waals surface area contributed by atoms with Gasteiger partial charge in [-0.15, -0.1) is 0 Å². The van der Waals surface area contributed by atoms with Gasteiger partial charge in [0.05, 0.1) is 18.4 Å².